The van der Waals surface area contributed by atoms with E-state index in [2.05, 4.69) is 0 Å². The van der Waals surface area contributed by atoms with E-state index in [-0.39, 0.29) is 29.5 Å². The molecule has 0 N–H and O–H groups in total. The number of hydrogen-bond acceptors (Lipinski definition) is 6. The number of esters is 1. The number of likely N-dealkylation sites (N-methyl/N-ethyl adjacent to an activating group) is 1. The second-order valence-corrected chi connectivity index (χ2v) is 8.47. The van der Waals surface area contributed by atoms with Crippen molar-refractivity contribution >= 4 is 17.7 Å². The van der Waals surface area contributed by atoms with Crippen molar-refractivity contribution < 1.29 is 23.9 Å². The molecule has 1 amide bonds. The monoisotopic (exact) mass is 412 g/mol. The van der Waals surface area contributed by atoms with E-state index in [9.17, 15) is 14.4 Å². The molecule has 0 radical (unpaired) electrons. The van der Waals surface area contributed by atoms with Crippen molar-refractivity contribution in [3.63, 3.8) is 0 Å². The van der Waals surface area contributed by atoms with E-state index in [0.717, 1.165) is 31.2 Å². The highest BCUT2D eigenvalue weighted by Crippen LogP contribution is 2.46. The Morgan fingerprint density at radius 2 is 1.87 bits per heavy atom. The molecule has 1 fully saturated rings. The molecule has 7 heteroatoms. The summed E-state index contributed by atoms with van der Waals surface area (Å²) in [5, 5.41) is 0. The Bertz CT molecular complexity index is 889. The third-order valence-electron chi connectivity index (χ3n) is 6.29. The van der Waals surface area contributed by atoms with Gasteiger partial charge in [0.2, 0.25) is 0 Å². The highest BCUT2D eigenvalue weighted by Gasteiger charge is 2.51. The molecule has 0 bridgehead atoms. The minimum Gasteiger partial charge on any atom is -0.483 e. The third-order valence-corrected chi connectivity index (χ3v) is 6.29. The molecular formula is C23H28N2O5. The maximum absolute atomic E-state index is 13.5. The van der Waals surface area contributed by atoms with E-state index in [1.54, 1.807) is 29.2 Å². The van der Waals surface area contributed by atoms with Crippen LogP contribution in [0.3, 0.4) is 0 Å². The summed E-state index contributed by atoms with van der Waals surface area (Å²) in [4.78, 5) is 42.3. The molecule has 3 unspecified atom stereocenters. The lowest BCUT2D eigenvalue weighted by Crippen LogP contribution is -2.39. The predicted octanol–water partition coefficient (Wildman–Crippen LogP) is 2.33. The zero-order chi connectivity index (χ0) is 21.4. The molecule has 160 valence electrons. The minimum atomic E-state index is -0.491. The van der Waals surface area contributed by atoms with Gasteiger partial charge in [-0.3, -0.25) is 9.59 Å². The second-order valence-electron chi connectivity index (χ2n) is 8.47. The summed E-state index contributed by atoms with van der Waals surface area (Å²) in [5.74, 6) is -0.537. The van der Waals surface area contributed by atoms with Gasteiger partial charge in [-0.25, -0.2) is 4.79 Å². The molecule has 1 aromatic carbocycles. The van der Waals surface area contributed by atoms with E-state index in [4.69, 9.17) is 9.47 Å². The molecule has 3 aliphatic rings. The Labute approximate surface area is 176 Å². The Kier molecular flexibility index (Phi) is 5.64. The van der Waals surface area contributed by atoms with Crippen LogP contribution in [0.1, 0.15) is 47.6 Å². The maximum atomic E-state index is 13.5. The van der Waals surface area contributed by atoms with Crippen LogP contribution in [0.4, 0.5) is 0 Å². The van der Waals surface area contributed by atoms with Crippen LogP contribution < -0.4 is 0 Å². The number of carbonyl (C=O) groups excluding carboxylic acids is 3. The van der Waals surface area contributed by atoms with Crippen molar-refractivity contribution in [3.8, 4) is 0 Å². The van der Waals surface area contributed by atoms with E-state index in [1.807, 2.05) is 19.0 Å². The SMILES string of the molecule is COC(=O)c1ccc(C2C3=C(OC4CCCCC4C3=O)C(=O)N2CCN(C)C)cc1. The lowest BCUT2D eigenvalue weighted by atomic mass is 9.77. The van der Waals surface area contributed by atoms with Crippen molar-refractivity contribution in [3.05, 3.63) is 46.7 Å². The topological polar surface area (TPSA) is 76.1 Å². The standard InChI is InChI=1S/C23H28N2O5/c1-24(2)12-13-25-19(14-8-10-15(11-9-14)23(28)29-3)18-20(26)16-6-4-5-7-17(16)30-21(18)22(25)27/h8-11,16-17,19H,4-7,12-13H2,1-3H3. The number of Topliss-reactive ketones (excluding diaryl/α,β-unsaturated/α-hetero) is 1. The van der Waals surface area contributed by atoms with Gasteiger partial charge in [0, 0.05) is 13.1 Å². The van der Waals surface area contributed by atoms with Gasteiger partial charge < -0.3 is 19.3 Å². The normalized spacial score (nSPS) is 25.9. The summed E-state index contributed by atoms with van der Waals surface area (Å²) in [5.41, 5.74) is 1.71. The molecule has 2 aliphatic heterocycles. The number of amides is 1. The van der Waals surface area contributed by atoms with Gasteiger partial charge in [-0.2, -0.15) is 0 Å². The predicted molar refractivity (Wildman–Crippen MR) is 110 cm³/mol. The first kappa shape index (κ1) is 20.6. The largest absolute Gasteiger partial charge is 0.483 e. The van der Waals surface area contributed by atoms with E-state index >= 15 is 0 Å². The molecule has 3 atom stereocenters. The first-order chi connectivity index (χ1) is 14.4. The van der Waals surface area contributed by atoms with Crippen LogP contribution in [0, 0.1) is 5.92 Å². The Balaban J connectivity index is 1.73. The first-order valence-electron chi connectivity index (χ1n) is 10.5. The van der Waals surface area contributed by atoms with E-state index < -0.39 is 12.0 Å². The van der Waals surface area contributed by atoms with Crippen molar-refractivity contribution in [1.29, 1.82) is 0 Å². The van der Waals surface area contributed by atoms with Gasteiger partial charge in [-0.15, -0.1) is 0 Å². The fourth-order valence-corrected chi connectivity index (χ4v) is 4.70. The van der Waals surface area contributed by atoms with Crippen molar-refractivity contribution in [2.24, 2.45) is 5.92 Å². The summed E-state index contributed by atoms with van der Waals surface area (Å²) < 4.78 is 10.9. The summed E-state index contributed by atoms with van der Waals surface area (Å²) in [7, 11) is 5.24. The number of carbonyl (C=O) groups is 3. The van der Waals surface area contributed by atoms with Gasteiger partial charge in [0.25, 0.3) is 5.91 Å². The van der Waals surface area contributed by atoms with Gasteiger partial charge in [-0.1, -0.05) is 18.6 Å². The van der Waals surface area contributed by atoms with Gasteiger partial charge in [-0.05, 0) is 51.1 Å². The summed E-state index contributed by atoms with van der Waals surface area (Å²) in [6.45, 7) is 1.15. The number of fused-ring (bicyclic) bond motifs is 1. The van der Waals surface area contributed by atoms with Crippen molar-refractivity contribution in [1.82, 2.24) is 9.80 Å². The van der Waals surface area contributed by atoms with Crippen molar-refractivity contribution in [2.45, 2.75) is 37.8 Å². The molecule has 1 aromatic rings. The van der Waals surface area contributed by atoms with Crippen LogP contribution in [-0.2, 0) is 19.1 Å². The molecular weight excluding hydrogens is 384 g/mol. The number of rotatable bonds is 5. The Morgan fingerprint density at radius 1 is 1.17 bits per heavy atom. The second kappa shape index (κ2) is 8.22. The Hall–Kier alpha value is -2.67. The number of nitrogens with zero attached hydrogens (tertiary/aromatic N) is 2. The highest BCUT2D eigenvalue weighted by atomic mass is 16.5. The summed E-state index contributed by atoms with van der Waals surface area (Å²) >= 11 is 0. The summed E-state index contributed by atoms with van der Waals surface area (Å²) in [6, 6.07) is 6.44. The van der Waals surface area contributed by atoms with Crippen molar-refractivity contribution in [2.75, 3.05) is 34.3 Å². The zero-order valence-electron chi connectivity index (χ0n) is 17.7. The van der Waals surface area contributed by atoms with E-state index in [0.29, 0.717) is 24.2 Å². The highest BCUT2D eigenvalue weighted by molar-refractivity contribution is 6.11. The third kappa shape index (κ3) is 3.51. The van der Waals surface area contributed by atoms with Gasteiger partial charge in [0.15, 0.2) is 11.5 Å². The lowest BCUT2D eigenvalue weighted by Gasteiger charge is -2.35. The summed E-state index contributed by atoms with van der Waals surface area (Å²) in [6.07, 6.45) is 3.46. The fraction of sp³-hybridized carbons (Fsp3) is 0.522. The Morgan fingerprint density at radius 3 is 2.53 bits per heavy atom. The molecule has 0 saturated heterocycles. The van der Waals surface area contributed by atoms with E-state index in [1.165, 1.54) is 7.11 Å². The minimum absolute atomic E-state index is 0.0451. The van der Waals surface area contributed by atoms with Crippen LogP contribution >= 0.6 is 0 Å². The van der Waals surface area contributed by atoms with Gasteiger partial charge in [0.05, 0.1) is 30.2 Å². The molecule has 0 spiro atoms. The lowest BCUT2D eigenvalue weighted by molar-refractivity contribution is -0.135. The maximum Gasteiger partial charge on any atom is 0.337 e. The van der Waals surface area contributed by atoms with Crippen LogP contribution in [-0.4, -0.2) is 67.9 Å². The number of hydrogen-bond donors (Lipinski definition) is 0. The smallest absolute Gasteiger partial charge is 0.337 e. The quantitative estimate of drug-likeness (QED) is 0.691. The van der Waals surface area contributed by atoms with Crippen LogP contribution in [0.5, 0.6) is 0 Å². The van der Waals surface area contributed by atoms with Gasteiger partial charge in [0.1, 0.15) is 6.10 Å². The number of ketones is 1. The van der Waals surface area contributed by atoms with Crippen LogP contribution in [0.15, 0.2) is 35.6 Å². The van der Waals surface area contributed by atoms with Crippen LogP contribution in [0.25, 0.3) is 0 Å². The number of ether oxygens (including phenoxy) is 2. The molecule has 0 aromatic heterocycles. The van der Waals surface area contributed by atoms with Crippen LogP contribution in [0.2, 0.25) is 0 Å². The molecule has 4 rings (SSSR count). The molecule has 1 aliphatic carbocycles. The fourth-order valence-electron chi connectivity index (χ4n) is 4.70. The molecule has 1 saturated carbocycles. The molecule has 30 heavy (non-hydrogen) atoms. The molecule has 2 heterocycles. The number of benzene rings is 1. The zero-order valence-corrected chi connectivity index (χ0v) is 17.7. The molecule has 7 nitrogen and oxygen atoms in total. The number of methoxy groups -OCH3 is 1. The average molecular weight is 412 g/mol. The average Bonchev–Trinajstić information content (AvgIpc) is 3.04. The van der Waals surface area contributed by atoms with Gasteiger partial charge >= 0.3 is 5.97 Å². The first-order valence-corrected chi connectivity index (χ1v) is 10.5.